The van der Waals surface area contributed by atoms with E-state index in [1.54, 1.807) is 0 Å². The number of hydrogen-bond acceptors (Lipinski definition) is 1. The molecule has 2 aromatic rings. The zero-order valence-electron chi connectivity index (χ0n) is 9.05. The van der Waals surface area contributed by atoms with Crippen molar-refractivity contribution in [3.8, 4) is 0 Å². The molecule has 2 N–H and O–H groups in total. The predicted molar refractivity (Wildman–Crippen MR) is 65.4 cm³/mol. The van der Waals surface area contributed by atoms with Gasteiger partial charge in [-0.1, -0.05) is 23.7 Å². The highest BCUT2D eigenvalue weighted by molar-refractivity contribution is 6.35. The Balaban J connectivity index is 2.81. The number of hydrogen-bond donors (Lipinski definition) is 1. The summed E-state index contributed by atoms with van der Waals surface area (Å²) in [5.74, 6) is 0. The Labute approximate surface area is 94.6 Å². The molecule has 1 aromatic heterocycles. The minimum Gasteiger partial charge on any atom is -0.346 e. The van der Waals surface area contributed by atoms with Gasteiger partial charge in [-0.2, -0.15) is 0 Å². The first-order chi connectivity index (χ1) is 7.16. The monoisotopic (exact) mass is 222 g/mol. The van der Waals surface area contributed by atoms with Gasteiger partial charge in [0.2, 0.25) is 0 Å². The number of para-hydroxylation sites is 1. The summed E-state index contributed by atoms with van der Waals surface area (Å²) in [4.78, 5) is 0. The van der Waals surface area contributed by atoms with Crippen molar-refractivity contribution in [2.75, 3.05) is 6.54 Å². The Hall–Kier alpha value is -0.990. The van der Waals surface area contributed by atoms with E-state index in [4.69, 9.17) is 17.3 Å². The molecular formula is C12H15ClN2. The molecule has 2 rings (SSSR count). The molecular weight excluding hydrogens is 208 g/mol. The number of aromatic nitrogens is 1. The lowest BCUT2D eigenvalue weighted by atomic mass is 10.1. The molecule has 80 valence electrons. The van der Waals surface area contributed by atoms with Gasteiger partial charge >= 0.3 is 0 Å². The van der Waals surface area contributed by atoms with Crippen molar-refractivity contribution < 1.29 is 0 Å². The van der Waals surface area contributed by atoms with Crippen molar-refractivity contribution in [3.63, 3.8) is 0 Å². The molecule has 0 amide bonds. The lowest BCUT2D eigenvalue weighted by molar-refractivity contribution is 0.882. The maximum atomic E-state index is 6.20. The molecule has 0 saturated carbocycles. The van der Waals surface area contributed by atoms with Crippen LogP contribution in [0.2, 0.25) is 5.02 Å². The van der Waals surface area contributed by atoms with Crippen LogP contribution >= 0.6 is 11.6 Å². The summed E-state index contributed by atoms with van der Waals surface area (Å²) in [6, 6.07) is 6.03. The summed E-state index contributed by atoms with van der Waals surface area (Å²) >= 11 is 6.20. The van der Waals surface area contributed by atoms with E-state index in [1.807, 2.05) is 19.2 Å². The van der Waals surface area contributed by atoms with Gasteiger partial charge in [0.25, 0.3) is 0 Å². The lowest BCUT2D eigenvalue weighted by Gasteiger charge is -2.00. The third kappa shape index (κ3) is 1.54. The topological polar surface area (TPSA) is 30.9 Å². The van der Waals surface area contributed by atoms with Gasteiger partial charge in [0.15, 0.2) is 0 Å². The van der Waals surface area contributed by atoms with Crippen LogP contribution in [-0.4, -0.2) is 11.1 Å². The van der Waals surface area contributed by atoms with Gasteiger partial charge in [-0.3, -0.25) is 0 Å². The first-order valence-electron chi connectivity index (χ1n) is 5.09. The third-order valence-corrected chi connectivity index (χ3v) is 3.29. The average molecular weight is 223 g/mol. The van der Waals surface area contributed by atoms with Crippen LogP contribution in [-0.2, 0) is 13.5 Å². The van der Waals surface area contributed by atoms with Crippen LogP contribution in [0.3, 0.4) is 0 Å². The molecule has 1 heterocycles. The van der Waals surface area contributed by atoms with Crippen molar-refractivity contribution in [3.05, 3.63) is 34.5 Å². The van der Waals surface area contributed by atoms with Crippen LogP contribution in [0.1, 0.15) is 11.3 Å². The molecule has 0 radical (unpaired) electrons. The van der Waals surface area contributed by atoms with Gasteiger partial charge in [0.05, 0.1) is 10.5 Å². The van der Waals surface area contributed by atoms with Crippen molar-refractivity contribution in [2.24, 2.45) is 12.8 Å². The number of fused-ring (bicyclic) bond motifs is 1. The molecule has 0 fully saturated rings. The SMILES string of the molecule is Cc1c(CCN)c2cccc(Cl)c2n1C. The van der Waals surface area contributed by atoms with Gasteiger partial charge in [-0.25, -0.2) is 0 Å². The molecule has 0 bridgehead atoms. The Morgan fingerprint density at radius 2 is 2.13 bits per heavy atom. The first-order valence-corrected chi connectivity index (χ1v) is 5.47. The number of rotatable bonds is 2. The zero-order chi connectivity index (χ0) is 11.0. The van der Waals surface area contributed by atoms with E-state index < -0.39 is 0 Å². The summed E-state index contributed by atoms with van der Waals surface area (Å²) in [5.41, 5.74) is 9.31. The lowest BCUT2D eigenvalue weighted by Crippen LogP contribution is -2.03. The summed E-state index contributed by atoms with van der Waals surface area (Å²) < 4.78 is 2.14. The molecule has 0 aliphatic rings. The largest absolute Gasteiger partial charge is 0.346 e. The fourth-order valence-electron chi connectivity index (χ4n) is 2.12. The fraction of sp³-hybridized carbons (Fsp3) is 0.333. The van der Waals surface area contributed by atoms with Crippen molar-refractivity contribution in [1.29, 1.82) is 0 Å². The molecule has 2 nitrogen and oxygen atoms in total. The number of halogens is 1. The van der Waals surface area contributed by atoms with Gasteiger partial charge in [-0.05, 0) is 31.5 Å². The molecule has 0 atom stereocenters. The number of nitrogens with two attached hydrogens (primary N) is 1. The second-order valence-electron chi connectivity index (χ2n) is 3.80. The molecule has 15 heavy (non-hydrogen) atoms. The van der Waals surface area contributed by atoms with E-state index in [2.05, 4.69) is 17.6 Å². The summed E-state index contributed by atoms with van der Waals surface area (Å²) in [6.07, 6.45) is 0.906. The van der Waals surface area contributed by atoms with Gasteiger partial charge in [-0.15, -0.1) is 0 Å². The third-order valence-electron chi connectivity index (χ3n) is 2.98. The minimum atomic E-state index is 0.673. The molecule has 0 unspecified atom stereocenters. The maximum absolute atomic E-state index is 6.20. The highest BCUT2D eigenvalue weighted by Crippen LogP contribution is 2.30. The standard InChI is InChI=1S/C12H15ClN2/c1-8-9(6-7-14)10-4-3-5-11(13)12(10)15(8)2/h3-5H,6-7,14H2,1-2H3. The normalized spacial score (nSPS) is 11.2. The highest BCUT2D eigenvalue weighted by atomic mass is 35.5. The minimum absolute atomic E-state index is 0.673. The number of nitrogens with zero attached hydrogens (tertiary/aromatic N) is 1. The molecule has 0 saturated heterocycles. The Bertz CT molecular complexity index is 500. The van der Waals surface area contributed by atoms with Crippen molar-refractivity contribution in [1.82, 2.24) is 4.57 Å². The van der Waals surface area contributed by atoms with Gasteiger partial charge < -0.3 is 10.3 Å². The Morgan fingerprint density at radius 3 is 2.80 bits per heavy atom. The first kappa shape index (κ1) is 10.5. The number of aryl methyl sites for hydroxylation is 1. The smallest absolute Gasteiger partial charge is 0.0672 e. The zero-order valence-corrected chi connectivity index (χ0v) is 9.80. The average Bonchev–Trinajstić information content (AvgIpc) is 2.45. The van der Waals surface area contributed by atoms with E-state index in [0.29, 0.717) is 6.54 Å². The van der Waals surface area contributed by atoms with Gasteiger partial charge in [0, 0.05) is 18.1 Å². The van der Waals surface area contributed by atoms with E-state index >= 15 is 0 Å². The molecule has 0 aliphatic carbocycles. The van der Waals surface area contributed by atoms with Crippen molar-refractivity contribution >= 4 is 22.5 Å². The highest BCUT2D eigenvalue weighted by Gasteiger charge is 2.12. The van der Waals surface area contributed by atoms with E-state index in [1.165, 1.54) is 16.6 Å². The molecule has 0 spiro atoms. The molecule has 1 aromatic carbocycles. The van der Waals surface area contributed by atoms with Crippen LogP contribution < -0.4 is 5.73 Å². The van der Waals surface area contributed by atoms with Crippen LogP contribution in [0.5, 0.6) is 0 Å². The second-order valence-corrected chi connectivity index (χ2v) is 4.20. The number of benzene rings is 1. The summed E-state index contributed by atoms with van der Waals surface area (Å²) in [7, 11) is 2.05. The Kier molecular flexibility index (Phi) is 2.72. The molecule has 3 heteroatoms. The van der Waals surface area contributed by atoms with E-state index in [-0.39, 0.29) is 0 Å². The molecule has 0 aliphatic heterocycles. The van der Waals surface area contributed by atoms with E-state index in [0.717, 1.165) is 17.0 Å². The van der Waals surface area contributed by atoms with Crippen LogP contribution in [0.15, 0.2) is 18.2 Å². The summed E-state index contributed by atoms with van der Waals surface area (Å²) in [6.45, 7) is 2.79. The predicted octanol–water partition coefficient (Wildman–Crippen LogP) is 2.64. The Morgan fingerprint density at radius 1 is 1.40 bits per heavy atom. The fourth-order valence-corrected chi connectivity index (χ4v) is 2.43. The maximum Gasteiger partial charge on any atom is 0.0672 e. The van der Waals surface area contributed by atoms with Crippen LogP contribution in [0, 0.1) is 6.92 Å². The van der Waals surface area contributed by atoms with E-state index in [9.17, 15) is 0 Å². The van der Waals surface area contributed by atoms with Crippen LogP contribution in [0.25, 0.3) is 10.9 Å². The quantitative estimate of drug-likeness (QED) is 0.832. The van der Waals surface area contributed by atoms with Gasteiger partial charge in [0.1, 0.15) is 0 Å². The second kappa shape index (κ2) is 3.87. The van der Waals surface area contributed by atoms with Crippen molar-refractivity contribution in [2.45, 2.75) is 13.3 Å². The summed E-state index contributed by atoms with van der Waals surface area (Å²) in [5, 5.41) is 2.04. The van der Waals surface area contributed by atoms with Crippen LogP contribution in [0.4, 0.5) is 0 Å².